The van der Waals surface area contributed by atoms with Crippen molar-refractivity contribution in [2.24, 2.45) is 0 Å². The van der Waals surface area contributed by atoms with Crippen LogP contribution >= 0.6 is 11.6 Å². The highest BCUT2D eigenvalue weighted by Crippen LogP contribution is 2.23. The molecule has 0 aliphatic rings. The fourth-order valence-electron chi connectivity index (χ4n) is 2.01. The summed E-state index contributed by atoms with van der Waals surface area (Å²) in [5.41, 5.74) is 1.24. The van der Waals surface area contributed by atoms with Crippen LogP contribution in [0.3, 0.4) is 0 Å². The van der Waals surface area contributed by atoms with Crippen LogP contribution in [0.4, 0.5) is 0 Å². The molecule has 3 aromatic rings. The second-order valence-electron chi connectivity index (χ2n) is 4.92. The van der Waals surface area contributed by atoms with Crippen LogP contribution in [0, 0.1) is 13.8 Å². The van der Waals surface area contributed by atoms with Gasteiger partial charge in [-0.2, -0.15) is 4.21 Å². The molecule has 0 saturated heterocycles. The maximum absolute atomic E-state index is 12.4. The largest absolute Gasteiger partial charge is 0.456 e. The zero-order chi connectivity index (χ0) is 17.3. The fourth-order valence-corrected chi connectivity index (χ4v) is 3.02. The van der Waals surface area contributed by atoms with Gasteiger partial charge in [0.2, 0.25) is 5.75 Å². The smallest absolute Gasteiger partial charge is 0.379 e. The highest BCUT2D eigenvalue weighted by Gasteiger charge is 2.22. The van der Waals surface area contributed by atoms with Crippen LogP contribution < -0.4 is 9.94 Å². The van der Waals surface area contributed by atoms with Gasteiger partial charge in [-0.3, -0.25) is 4.52 Å². The molecule has 10 heteroatoms. The second-order valence-corrected chi connectivity index (χ2v) is 6.32. The van der Waals surface area contributed by atoms with Crippen molar-refractivity contribution in [1.82, 2.24) is 14.3 Å². The van der Waals surface area contributed by atoms with E-state index in [1.807, 2.05) is 0 Å². The Morgan fingerprint density at radius 2 is 1.92 bits per heavy atom. The molecule has 2 aromatic heterocycles. The lowest BCUT2D eigenvalue weighted by Gasteiger charge is -2.05. The maximum atomic E-state index is 12.4. The molecule has 0 saturated carbocycles. The average molecular weight is 370 g/mol. The minimum atomic E-state index is -2.18. The van der Waals surface area contributed by atoms with E-state index in [1.165, 1.54) is 0 Å². The summed E-state index contributed by atoms with van der Waals surface area (Å²) in [6, 6.07) is 6.95. The Bertz CT molecular complexity index is 925. The van der Waals surface area contributed by atoms with E-state index in [-0.39, 0.29) is 18.0 Å². The number of rotatable bonds is 5. The zero-order valence-corrected chi connectivity index (χ0v) is 14.3. The molecule has 0 radical (unpaired) electrons. The minimum absolute atomic E-state index is 0.160. The van der Waals surface area contributed by atoms with Gasteiger partial charge < -0.3 is 8.71 Å². The van der Waals surface area contributed by atoms with Crippen molar-refractivity contribution in [2.45, 2.75) is 20.3 Å². The monoisotopic (exact) mass is 369 g/mol. The van der Waals surface area contributed by atoms with Crippen molar-refractivity contribution in [3.8, 4) is 5.75 Å². The molecular formula is C14H12ClN3O5S. The van der Waals surface area contributed by atoms with E-state index in [4.69, 9.17) is 20.3 Å². The first-order valence-corrected chi connectivity index (χ1v) is 8.22. The topological polar surface area (TPSA) is 100 Å². The Hall–Kier alpha value is -2.39. The van der Waals surface area contributed by atoms with E-state index in [2.05, 4.69) is 14.8 Å². The molecule has 8 nitrogen and oxygen atoms in total. The standard InChI is InChI=1S/C14H12ClN3O5S/c1-8-13(9(2)21-16-8)23-24(20)18-12(17-22-14(18)19)7-10-3-5-11(15)6-4-10/h3-6H,7H2,1-2H3. The van der Waals surface area contributed by atoms with Crippen LogP contribution in [0.15, 0.2) is 38.1 Å². The summed E-state index contributed by atoms with van der Waals surface area (Å²) in [5.74, 6) is -0.167. The van der Waals surface area contributed by atoms with Gasteiger partial charge in [0.25, 0.3) is 0 Å². The number of hydrogen-bond acceptors (Lipinski definition) is 7. The SMILES string of the molecule is Cc1noc(C)c1OS(=O)n1c(Cc2ccc(Cl)cc2)noc1=O. The van der Waals surface area contributed by atoms with Gasteiger partial charge in [0.1, 0.15) is 5.69 Å². The molecule has 0 aliphatic heterocycles. The van der Waals surface area contributed by atoms with E-state index < -0.39 is 17.0 Å². The summed E-state index contributed by atoms with van der Waals surface area (Å²) >= 11 is 3.66. The molecule has 24 heavy (non-hydrogen) atoms. The van der Waals surface area contributed by atoms with Gasteiger partial charge in [0, 0.05) is 18.4 Å². The predicted molar refractivity (Wildman–Crippen MR) is 85.2 cm³/mol. The van der Waals surface area contributed by atoms with Crippen LogP contribution in [-0.4, -0.2) is 18.5 Å². The van der Waals surface area contributed by atoms with Gasteiger partial charge in [-0.25, -0.2) is 4.79 Å². The molecule has 0 N–H and O–H groups in total. The van der Waals surface area contributed by atoms with Gasteiger partial charge in [0.15, 0.2) is 11.6 Å². The van der Waals surface area contributed by atoms with Gasteiger partial charge in [-0.05, 0) is 24.6 Å². The number of aromatic nitrogens is 3. The van der Waals surface area contributed by atoms with E-state index in [0.29, 0.717) is 16.5 Å². The lowest BCUT2D eigenvalue weighted by atomic mass is 10.1. The summed E-state index contributed by atoms with van der Waals surface area (Å²) < 4.78 is 28.1. The minimum Gasteiger partial charge on any atom is -0.379 e. The number of halogens is 1. The molecule has 126 valence electrons. The Morgan fingerprint density at radius 3 is 2.54 bits per heavy atom. The summed E-state index contributed by atoms with van der Waals surface area (Å²) in [4.78, 5) is 11.8. The van der Waals surface area contributed by atoms with E-state index in [9.17, 15) is 9.00 Å². The van der Waals surface area contributed by atoms with Crippen molar-refractivity contribution < 1.29 is 17.4 Å². The Kier molecular flexibility index (Phi) is 4.54. The molecule has 0 fully saturated rings. The van der Waals surface area contributed by atoms with Crippen molar-refractivity contribution in [2.75, 3.05) is 0 Å². The molecule has 1 unspecified atom stereocenters. The third kappa shape index (κ3) is 3.26. The number of hydrogen-bond donors (Lipinski definition) is 0. The Labute approximate surface area is 143 Å². The summed E-state index contributed by atoms with van der Waals surface area (Å²) in [6.07, 6.45) is 0.222. The van der Waals surface area contributed by atoms with Crippen LogP contribution in [0.5, 0.6) is 5.75 Å². The fraction of sp³-hybridized carbons (Fsp3) is 0.214. The van der Waals surface area contributed by atoms with E-state index in [0.717, 1.165) is 9.54 Å². The first-order chi connectivity index (χ1) is 11.5. The molecule has 1 atom stereocenters. The molecule has 3 rings (SSSR count). The molecular weight excluding hydrogens is 358 g/mol. The highest BCUT2D eigenvalue weighted by molar-refractivity contribution is 7.79. The van der Waals surface area contributed by atoms with Gasteiger partial charge in [0.05, 0.1) is 0 Å². The Morgan fingerprint density at radius 1 is 1.21 bits per heavy atom. The quantitative estimate of drug-likeness (QED) is 0.679. The first-order valence-electron chi connectivity index (χ1n) is 6.81. The average Bonchev–Trinajstić information content (AvgIpc) is 3.06. The van der Waals surface area contributed by atoms with Gasteiger partial charge in [-0.1, -0.05) is 34.0 Å². The van der Waals surface area contributed by atoms with E-state index in [1.54, 1.807) is 38.1 Å². The molecule has 1 aromatic carbocycles. The molecule has 2 heterocycles. The summed E-state index contributed by atoms with van der Waals surface area (Å²) in [7, 11) is 0. The first kappa shape index (κ1) is 16.5. The second kappa shape index (κ2) is 6.62. The van der Waals surface area contributed by atoms with Crippen LogP contribution in [-0.2, 0) is 17.7 Å². The Balaban J connectivity index is 1.88. The number of benzene rings is 1. The van der Waals surface area contributed by atoms with Crippen LogP contribution in [0.1, 0.15) is 22.8 Å². The number of nitrogens with zero attached hydrogens (tertiary/aromatic N) is 3. The van der Waals surface area contributed by atoms with Crippen LogP contribution in [0.2, 0.25) is 5.02 Å². The number of aryl methyl sites for hydroxylation is 2. The van der Waals surface area contributed by atoms with Crippen molar-refractivity contribution in [3.63, 3.8) is 0 Å². The van der Waals surface area contributed by atoms with Crippen LogP contribution in [0.25, 0.3) is 0 Å². The lowest BCUT2D eigenvalue weighted by molar-refractivity contribution is 0.379. The third-order valence-electron chi connectivity index (χ3n) is 3.18. The van der Waals surface area contributed by atoms with Crippen molar-refractivity contribution in [1.29, 1.82) is 0 Å². The van der Waals surface area contributed by atoms with Crippen molar-refractivity contribution >= 4 is 22.9 Å². The normalized spacial score (nSPS) is 12.3. The maximum Gasteiger partial charge on any atom is 0.456 e. The van der Waals surface area contributed by atoms with Crippen molar-refractivity contribution in [3.05, 3.63) is 62.7 Å². The highest BCUT2D eigenvalue weighted by atomic mass is 35.5. The summed E-state index contributed by atoms with van der Waals surface area (Å²) in [5, 5.41) is 7.94. The lowest BCUT2D eigenvalue weighted by Crippen LogP contribution is -2.24. The molecule has 0 amide bonds. The molecule has 0 spiro atoms. The zero-order valence-electron chi connectivity index (χ0n) is 12.7. The third-order valence-corrected chi connectivity index (χ3v) is 4.40. The predicted octanol–water partition coefficient (Wildman–Crippen LogP) is 2.19. The molecule has 0 aliphatic carbocycles. The van der Waals surface area contributed by atoms with Gasteiger partial charge >= 0.3 is 17.0 Å². The molecule has 0 bridgehead atoms. The van der Waals surface area contributed by atoms with Gasteiger partial charge in [-0.15, -0.1) is 3.97 Å². The summed E-state index contributed by atoms with van der Waals surface area (Å²) in [6.45, 7) is 3.24. The van der Waals surface area contributed by atoms with E-state index >= 15 is 0 Å².